The summed E-state index contributed by atoms with van der Waals surface area (Å²) in [6, 6.07) is 15.3. The van der Waals surface area contributed by atoms with Gasteiger partial charge in [-0.1, -0.05) is 12.1 Å². The molecule has 174 valence electrons. The molecule has 9 heteroatoms. The lowest BCUT2D eigenvalue weighted by Crippen LogP contribution is -2.38. The maximum absolute atomic E-state index is 12.9. The van der Waals surface area contributed by atoms with Gasteiger partial charge in [-0.05, 0) is 53.9 Å². The first kappa shape index (κ1) is 22.8. The second kappa shape index (κ2) is 10.0. The van der Waals surface area contributed by atoms with Crippen LogP contribution in [0.2, 0.25) is 0 Å². The molecular formula is C25H24N4O5. The number of benzene rings is 2. The van der Waals surface area contributed by atoms with Crippen molar-refractivity contribution in [2.45, 2.75) is 13.0 Å². The predicted octanol–water partition coefficient (Wildman–Crippen LogP) is 3.61. The highest BCUT2D eigenvalue weighted by molar-refractivity contribution is 5.94. The summed E-state index contributed by atoms with van der Waals surface area (Å²) < 4.78 is 10.7. The third-order valence-corrected chi connectivity index (χ3v) is 5.44. The number of aromatic nitrogens is 1. The zero-order chi connectivity index (χ0) is 24.1. The average molecular weight is 460 g/mol. The molecule has 0 saturated carbocycles. The first-order valence-corrected chi connectivity index (χ1v) is 10.7. The molecule has 34 heavy (non-hydrogen) atoms. The number of rotatable bonds is 5. The minimum absolute atomic E-state index is 0.261. The van der Waals surface area contributed by atoms with Gasteiger partial charge in [0.15, 0.2) is 0 Å². The van der Waals surface area contributed by atoms with Crippen LogP contribution in [0.15, 0.2) is 60.8 Å². The zero-order valence-corrected chi connectivity index (χ0v) is 18.8. The Balaban J connectivity index is 1.45. The number of carbonyl (C=O) groups is 3. The van der Waals surface area contributed by atoms with Gasteiger partial charge in [-0.15, -0.1) is 0 Å². The number of anilines is 1. The molecule has 3 aromatic rings. The molecule has 1 aliphatic rings. The van der Waals surface area contributed by atoms with E-state index in [9.17, 15) is 14.4 Å². The van der Waals surface area contributed by atoms with E-state index in [4.69, 9.17) is 9.47 Å². The molecule has 3 amide bonds. The zero-order valence-electron chi connectivity index (χ0n) is 18.8. The number of methoxy groups -OCH3 is 1. The van der Waals surface area contributed by atoms with E-state index in [1.54, 1.807) is 48.3 Å². The third-order valence-electron chi connectivity index (χ3n) is 5.44. The van der Waals surface area contributed by atoms with Gasteiger partial charge in [0, 0.05) is 38.1 Å². The van der Waals surface area contributed by atoms with Crippen LogP contribution < -0.4 is 15.4 Å². The van der Waals surface area contributed by atoms with Gasteiger partial charge in [-0.25, -0.2) is 9.59 Å². The molecule has 9 nitrogen and oxygen atoms in total. The average Bonchev–Trinajstić information content (AvgIpc) is 2.87. The van der Waals surface area contributed by atoms with E-state index in [0.717, 1.165) is 11.1 Å². The Kier molecular flexibility index (Phi) is 6.72. The number of carbonyl (C=O) groups excluding carboxylic acids is 3. The lowest BCUT2D eigenvalue weighted by molar-refractivity contribution is 0.0600. The SMILES string of the molecule is CNC(=O)c1cc(Oc2ccc3c(c2)CN(C(=O)Nc2cccc(C(=O)OC)c2)CC3)ccn1. The Bertz CT molecular complexity index is 1240. The molecule has 0 unspecified atom stereocenters. The van der Waals surface area contributed by atoms with Crippen LogP contribution in [-0.4, -0.2) is 48.5 Å². The number of hydrogen-bond donors (Lipinski definition) is 2. The summed E-state index contributed by atoms with van der Waals surface area (Å²) in [6.45, 7) is 0.977. The summed E-state index contributed by atoms with van der Waals surface area (Å²) in [5, 5.41) is 5.38. The molecule has 2 heterocycles. The summed E-state index contributed by atoms with van der Waals surface area (Å²) >= 11 is 0. The molecule has 0 fully saturated rings. The number of urea groups is 1. The molecule has 1 aliphatic heterocycles. The van der Waals surface area contributed by atoms with Crippen LogP contribution >= 0.6 is 0 Å². The van der Waals surface area contributed by atoms with Crippen LogP contribution in [0.25, 0.3) is 0 Å². The van der Waals surface area contributed by atoms with E-state index < -0.39 is 5.97 Å². The van der Waals surface area contributed by atoms with Gasteiger partial charge < -0.3 is 25.0 Å². The lowest BCUT2D eigenvalue weighted by atomic mass is 10.00. The van der Waals surface area contributed by atoms with Crippen molar-refractivity contribution in [2.24, 2.45) is 0 Å². The van der Waals surface area contributed by atoms with Gasteiger partial charge in [0.2, 0.25) is 0 Å². The largest absolute Gasteiger partial charge is 0.465 e. The molecule has 1 aromatic heterocycles. The van der Waals surface area contributed by atoms with Crippen molar-refractivity contribution in [3.63, 3.8) is 0 Å². The predicted molar refractivity (Wildman–Crippen MR) is 125 cm³/mol. The fourth-order valence-corrected chi connectivity index (χ4v) is 3.68. The maximum atomic E-state index is 12.9. The maximum Gasteiger partial charge on any atom is 0.337 e. The minimum atomic E-state index is -0.466. The van der Waals surface area contributed by atoms with Crippen LogP contribution in [0.5, 0.6) is 11.5 Å². The quantitative estimate of drug-likeness (QED) is 0.563. The number of ether oxygens (including phenoxy) is 2. The Labute approximate surface area is 196 Å². The van der Waals surface area contributed by atoms with Gasteiger partial charge in [0.25, 0.3) is 5.91 Å². The summed E-state index contributed by atoms with van der Waals surface area (Å²) in [6.07, 6.45) is 2.22. The molecule has 2 N–H and O–H groups in total. The van der Waals surface area contributed by atoms with Crippen LogP contribution in [0.1, 0.15) is 32.0 Å². The fourth-order valence-electron chi connectivity index (χ4n) is 3.68. The number of esters is 1. The number of amides is 3. The summed E-state index contributed by atoms with van der Waals surface area (Å²) in [5.74, 6) is 0.326. The molecule has 0 atom stereocenters. The van der Waals surface area contributed by atoms with Crippen LogP contribution in [-0.2, 0) is 17.7 Å². The highest BCUT2D eigenvalue weighted by Crippen LogP contribution is 2.28. The minimum Gasteiger partial charge on any atom is -0.465 e. The second-order valence-electron chi connectivity index (χ2n) is 7.66. The van der Waals surface area contributed by atoms with E-state index in [1.807, 2.05) is 18.2 Å². The van der Waals surface area contributed by atoms with E-state index in [2.05, 4.69) is 15.6 Å². The summed E-state index contributed by atoms with van der Waals surface area (Å²) in [7, 11) is 2.85. The van der Waals surface area contributed by atoms with Crippen molar-refractivity contribution in [3.05, 3.63) is 83.2 Å². The monoisotopic (exact) mass is 460 g/mol. The standard InChI is InChI=1S/C25H24N4O5/c1-26-23(30)22-14-21(8-10-27-22)34-20-7-6-16-9-11-29(15-18(16)13-20)25(32)28-19-5-3-4-17(12-19)24(31)33-2/h3-8,10,12-14H,9,11,15H2,1-2H3,(H,26,30)(H,28,32). The Hall–Kier alpha value is -4.40. The number of nitrogens with zero attached hydrogens (tertiary/aromatic N) is 2. The Morgan fingerprint density at radius 1 is 1.00 bits per heavy atom. The molecular weight excluding hydrogens is 436 g/mol. The number of fused-ring (bicyclic) bond motifs is 1. The van der Waals surface area contributed by atoms with E-state index >= 15 is 0 Å². The van der Waals surface area contributed by atoms with E-state index in [0.29, 0.717) is 42.3 Å². The molecule has 0 saturated heterocycles. The number of pyridine rings is 1. The third kappa shape index (κ3) is 5.15. The molecule has 0 bridgehead atoms. The lowest BCUT2D eigenvalue weighted by Gasteiger charge is -2.29. The van der Waals surface area contributed by atoms with E-state index in [-0.39, 0.29) is 17.6 Å². The van der Waals surface area contributed by atoms with Crippen molar-refractivity contribution in [1.82, 2.24) is 15.2 Å². The summed E-state index contributed by atoms with van der Waals surface area (Å²) in [5.41, 5.74) is 3.26. The van der Waals surface area contributed by atoms with Crippen LogP contribution in [0, 0.1) is 0 Å². The molecule has 4 rings (SSSR count). The van der Waals surface area contributed by atoms with Crippen molar-refractivity contribution in [1.29, 1.82) is 0 Å². The van der Waals surface area contributed by atoms with Crippen molar-refractivity contribution in [2.75, 3.05) is 26.0 Å². The number of nitrogens with one attached hydrogen (secondary N) is 2. The first-order valence-electron chi connectivity index (χ1n) is 10.7. The normalized spacial score (nSPS) is 12.4. The smallest absolute Gasteiger partial charge is 0.337 e. The van der Waals surface area contributed by atoms with Crippen LogP contribution in [0.3, 0.4) is 0 Å². The van der Waals surface area contributed by atoms with Crippen molar-refractivity contribution < 1.29 is 23.9 Å². The molecule has 0 spiro atoms. The summed E-state index contributed by atoms with van der Waals surface area (Å²) in [4.78, 5) is 42.1. The Morgan fingerprint density at radius 2 is 1.82 bits per heavy atom. The topological polar surface area (TPSA) is 110 Å². The fraction of sp³-hybridized carbons (Fsp3) is 0.200. The highest BCUT2D eigenvalue weighted by Gasteiger charge is 2.22. The molecule has 0 radical (unpaired) electrons. The Morgan fingerprint density at radius 3 is 2.62 bits per heavy atom. The highest BCUT2D eigenvalue weighted by atomic mass is 16.5. The van der Waals surface area contributed by atoms with E-state index in [1.165, 1.54) is 13.3 Å². The van der Waals surface area contributed by atoms with Gasteiger partial charge in [0.05, 0.1) is 12.7 Å². The van der Waals surface area contributed by atoms with Gasteiger partial charge in [-0.2, -0.15) is 0 Å². The van der Waals surface area contributed by atoms with Gasteiger partial charge >= 0.3 is 12.0 Å². The van der Waals surface area contributed by atoms with Gasteiger partial charge in [-0.3, -0.25) is 9.78 Å². The molecule has 2 aromatic carbocycles. The first-order chi connectivity index (χ1) is 16.5. The van der Waals surface area contributed by atoms with Crippen molar-refractivity contribution >= 4 is 23.6 Å². The van der Waals surface area contributed by atoms with Crippen LogP contribution in [0.4, 0.5) is 10.5 Å². The van der Waals surface area contributed by atoms with Gasteiger partial charge in [0.1, 0.15) is 17.2 Å². The number of hydrogen-bond acceptors (Lipinski definition) is 6. The molecule has 0 aliphatic carbocycles. The second-order valence-corrected chi connectivity index (χ2v) is 7.66. The van der Waals surface area contributed by atoms with Crippen molar-refractivity contribution in [3.8, 4) is 11.5 Å².